The Morgan fingerprint density at radius 3 is 2.71 bits per heavy atom. The molecule has 8 nitrogen and oxygen atoms in total. The molecule has 0 bridgehead atoms. The van der Waals surface area contributed by atoms with Crippen molar-refractivity contribution in [2.45, 2.75) is 50.4 Å². The van der Waals surface area contributed by atoms with Crippen LogP contribution in [0.15, 0.2) is 30.3 Å². The number of rotatable bonds is 4. The number of hydrogen-bond donors (Lipinski definition) is 2. The molecule has 2 N–H and O–H groups in total. The molecular formula is C20H29N5O3. The second kappa shape index (κ2) is 8.55. The zero-order valence-corrected chi connectivity index (χ0v) is 16.1. The molecule has 2 aliphatic heterocycles. The molecule has 0 radical (unpaired) electrons. The second-order valence-corrected chi connectivity index (χ2v) is 8.23. The molecule has 1 aliphatic carbocycles. The number of hydrazine groups is 1. The van der Waals surface area contributed by atoms with Gasteiger partial charge in [-0.1, -0.05) is 30.3 Å². The fraction of sp³-hybridized carbons (Fsp3) is 0.650. The molecule has 1 aromatic carbocycles. The van der Waals surface area contributed by atoms with Crippen molar-refractivity contribution in [3.8, 4) is 0 Å². The van der Waals surface area contributed by atoms with Crippen molar-refractivity contribution in [2.75, 3.05) is 26.2 Å². The highest BCUT2D eigenvalue weighted by Gasteiger charge is 2.47. The smallest absolute Gasteiger partial charge is 0.241 e. The van der Waals surface area contributed by atoms with Crippen molar-refractivity contribution in [1.29, 1.82) is 0 Å². The summed E-state index contributed by atoms with van der Waals surface area (Å²) in [6.07, 6.45) is 2.76. The molecule has 2 heterocycles. The quantitative estimate of drug-likeness (QED) is 0.592. The van der Waals surface area contributed by atoms with E-state index < -0.39 is 6.04 Å². The number of nitro groups is 1. The molecule has 1 amide bonds. The fourth-order valence-electron chi connectivity index (χ4n) is 4.86. The highest BCUT2D eigenvalue weighted by atomic mass is 16.6. The third-order valence-electron chi connectivity index (χ3n) is 6.44. The van der Waals surface area contributed by atoms with E-state index in [1.807, 2.05) is 11.0 Å². The first-order valence-corrected chi connectivity index (χ1v) is 10.3. The number of carbonyl (C=O) groups excluding carboxylic acids is 1. The molecule has 3 aliphatic rings. The lowest BCUT2D eigenvalue weighted by Gasteiger charge is -2.31. The van der Waals surface area contributed by atoms with E-state index in [0.717, 1.165) is 39.0 Å². The molecular weight excluding hydrogens is 358 g/mol. The zero-order valence-electron chi connectivity index (χ0n) is 16.1. The standard InChI is InChI=1S/C20H29N5O3/c26-20(19-17-13-16(25(27)28)7-8-18(17)21-22-19)24-10-4-9-23(11-12-24)14-15-5-2-1-3-6-15/h1-3,5-6,16-19,21-22H,4,7-14H2. The summed E-state index contributed by atoms with van der Waals surface area (Å²) in [7, 11) is 0. The van der Waals surface area contributed by atoms with Crippen LogP contribution in [0.5, 0.6) is 0 Å². The minimum Gasteiger partial charge on any atom is -0.340 e. The summed E-state index contributed by atoms with van der Waals surface area (Å²) in [4.78, 5) is 28.6. The predicted octanol–water partition coefficient (Wildman–Crippen LogP) is 1.01. The number of hydrogen-bond acceptors (Lipinski definition) is 6. The predicted molar refractivity (Wildman–Crippen MR) is 105 cm³/mol. The van der Waals surface area contributed by atoms with Gasteiger partial charge in [-0.3, -0.25) is 25.2 Å². The van der Waals surface area contributed by atoms with E-state index in [1.54, 1.807) is 0 Å². The highest BCUT2D eigenvalue weighted by molar-refractivity contribution is 5.82. The van der Waals surface area contributed by atoms with Gasteiger partial charge in [0.25, 0.3) is 0 Å². The van der Waals surface area contributed by atoms with Crippen molar-refractivity contribution in [2.24, 2.45) is 5.92 Å². The second-order valence-electron chi connectivity index (χ2n) is 8.23. The average molecular weight is 387 g/mol. The molecule has 4 unspecified atom stereocenters. The van der Waals surface area contributed by atoms with E-state index in [0.29, 0.717) is 19.4 Å². The molecule has 0 aromatic heterocycles. The Morgan fingerprint density at radius 1 is 1.11 bits per heavy atom. The third kappa shape index (κ3) is 4.19. The van der Waals surface area contributed by atoms with Crippen molar-refractivity contribution >= 4 is 5.91 Å². The first-order valence-electron chi connectivity index (χ1n) is 10.3. The van der Waals surface area contributed by atoms with Gasteiger partial charge in [-0.15, -0.1) is 0 Å². The van der Waals surface area contributed by atoms with E-state index in [1.165, 1.54) is 5.56 Å². The van der Waals surface area contributed by atoms with Crippen LogP contribution in [0.1, 0.15) is 31.2 Å². The number of benzene rings is 1. The van der Waals surface area contributed by atoms with Crippen LogP contribution in [0.25, 0.3) is 0 Å². The molecule has 3 fully saturated rings. The Balaban J connectivity index is 1.35. The molecule has 2 saturated heterocycles. The lowest BCUT2D eigenvalue weighted by molar-refractivity contribution is -0.528. The van der Waals surface area contributed by atoms with E-state index in [4.69, 9.17) is 0 Å². The Labute approximate surface area is 165 Å². The summed E-state index contributed by atoms with van der Waals surface area (Å²) in [6.45, 7) is 4.19. The van der Waals surface area contributed by atoms with Crippen LogP contribution in [-0.4, -0.2) is 64.9 Å². The van der Waals surface area contributed by atoms with Crippen molar-refractivity contribution < 1.29 is 9.72 Å². The summed E-state index contributed by atoms with van der Waals surface area (Å²) in [5.74, 6) is 0.0888. The summed E-state index contributed by atoms with van der Waals surface area (Å²) in [5, 5.41) is 11.2. The lowest BCUT2D eigenvalue weighted by Crippen LogP contribution is -2.49. The minimum atomic E-state index is -0.524. The maximum atomic E-state index is 13.2. The van der Waals surface area contributed by atoms with Crippen molar-refractivity contribution in [1.82, 2.24) is 20.7 Å². The van der Waals surface area contributed by atoms with Crippen LogP contribution in [-0.2, 0) is 11.3 Å². The van der Waals surface area contributed by atoms with Gasteiger partial charge in [0.1, 0.15) is 6.04 Å². The van der Waals surface area contributed by atoms with Crippen molar-refractivity contribution in [3.05, 3.63) is 46.0 Å². The lowest BCUT2D eigenvalue weighted by atomic mass is 9.79. The highest BCUT2D eigenvalue weighted by Crippen LogP contribution is 2.32. The Kier molecular flexibility index (Phi) is 5.89. The van der Waals surface area contributed by atoms with Gasteiger partial charge in [0.2, 0.25) is 11.9 Å². The number of fused-ring (bicyclic) bond motifs is 1. The van der Waals surface area contributed by atoms with Gasteiger partial charge in [0.15, 0.2) is 0 Å². The van der Waals surface area contributed by atoms with Gasteiger partial charge in [-0.25, -0.2) is 5.43 Å². The number of nitrogens with zero attached hydrogens (tertiary/aromatic N) is 3. The van der Waals surface area contributed by atoms with Gasteiger partial charge in [-0.2, -0.15) is 0 Å². The van der Waals surface area contributed by atoms with Gasteiger partial charge < -0.3 is 4.90 Å². The molecule has 8 heteroatoms. The molecule has 4 rings (SSSR count). The number of carbonyl (C=O) groups is 1. The van der Waals surface area contributed by atoms with Crippen LogP contribution in [0, 0.1) is 16.0 Å². The Bertz CT molecular complexity index is 700. The first kappa shape index (κ1) is 19.3. The summed E-state index contributed by atoms with van der Waals surface area (Å²) >= 11 is 0. The van der Waals surface area contributed by atoms with Gasteiger partial charge in [-0.05, 0) is 18.4 Å². The molecule has 1 aromatic rings. The van der Waals surface area contributed by atoms with E-state index >= 15 is 0 Å². The van der Waals surface area contributed by atoms with Crippen LogP contribution >= 0.6 is 0 Å². The van der Waals surface area contributed by atoms with E-state index in [-0.39, 0.29) is 28.8 Å². The van der Waals surface area contributed by atoms with Crippen LogP contribution in [0.4, 0.5) is 0 Å². The molecule has 152 valence electrons. The van der Waals surface area contributed by atoms with E-state index in [2.05, 4.69) is 40.0 Å². The molecule has 0 spiro atoms. The number of nitrogens with one attached hydrogen (secondary N) is 2. The largest absolute Gasteiger partial charge is 0.340 e. The van der Waals surface area contributed by atoms with E-state index in [9.17, 15) is 14.9 Å². The van der Waals surface area contributed by atoms with Crippen LogP contribution in [0.2, 0.25) is 0 Å². The van der Waals surface area contributed by atoms with Crippen LogP contribution in [0.3, 0.4) is 0 Å². The third-order valence-corrected chi connectivity index (χ3v) is 6.44. The maximum Gasteiger partial charge on any atom is 0.241 e. The van der Waals surface area contributed by atoms with Gasteiger partial charge in [0.05, 0.1) is 0 Å². The van der Waals surface area contributed by atoms with Crippen molar-refractivity contribution in [3.63, 3.8) is 0 Å². The van der Waals surface area contributed by atoms with Gasteiger partial charge >= 0.3 is 0 Å². The first-order chi connectivity index (χ1) is 13.6. The van der Waals surface area contributed by atoms with Crippen LogP contribution < -0.4 is 10.9 Å². The topological polar surface area (TPSA) is 90.7 Å². The fourth-order valence-corrected chi connectivity index (χ4v) is 4.86. The summed E-state index contributed by atoms with van der Waals surface area (Å²) in [6, 6.07) is 9.69. The molecule has 4 atom stereocenters. The molecule has 28 heavy (non-hydrogen) atoms. The summed E-state index contributed by atoms with van der Waals surface area (Å²) < 4.78 is 0. The average Bonchev–Trinajstić information content (AvgIpc) is 2.99. The zero-order chi connectivity index (χ0) is 19.5. The number of amides is 1. The molecule has 1 saturated carbocycles. The van der Waals surface area contributed by atoms with Gasteiger partial charge in [0, 0.05) is 62.4 Å². The normalized spacial score (nSPS) is 31.2. The Hall–Kier alpha value is -2.03. The maximum absolute atomic E-state index is 13.2. The SMILES string of the molecule is O=C(C1NNC2CCC([N+](=O)[O-])CC21)N1CCCN(Cc2ccccc2)CC1. The minimum absolute atomic E-state index is 0.000301. The summed E-state index contributed by atoms with van der Waals surface area (Å²) in [5.41, 5.74) is 7.66. The monoisotopic (exact) mass is 387 g/mol. The Morgan fingerprint density at radius 2 is 1.93 bits per heavy atom.